The molecule has 0 bridgehead atoms. The molecule has 22 heavy (non-hydrogen) atoms. The normalized spacial score (nSPS) is 11.9. The van der Waals surface area contributed by atoms with Crippen molar-refractivity contribution in [3.05, 3.63) is 35.4 Å². The number of sulfonamides is 1. The van der Waals surface area contributed by atoms with E-state index in [2.05, 4.69) is 19.2 Å². The van der Waals surface area contributed by atoms with E-state index in [0.29, 0.717) is 12.5 Å². The van der Waals surface area contributed by atoms with Crippen LogP contribution in [0.15, 0.2) is 24.3 Å². The predicted molar refractivity (Wildman–Crippen MR) is 88.9 cm³/mol. The monoisotopic (exact) mass is 326 g/mol. The predicted octanol–water partition coefficient (Wildman–Crippen LogP) is 1.92. The van der Waals surface area contributed by atoms with E-state index in [-0.39, 0.29) is 19.0 Å². The van der Waals surface area contributed by atoms with Gasteiger partial charge in [0.25, 0.3) is 0 Å². The van der Waals surface area contributed by atoms with Gasteiger partial charge in [-0.25, -0.2) is 8.42 Å². The van der Waals surface area contributed by atoms with E-state index >= 15 is 0 Å². The van der Waals surface area contributed by atoms with Crippen molar-refractivity contribution in [2.75, 3.05) is 19.3 Å². The molecule has 0 radical (unpaired) electrons. The van der Waals surface area contributed by atoms with Gasteiger partial charge < -0.3 is 5.32 Å². The second-order valence-corrected chi connectivity index (χ2v) is 7.97. The minimum atomic E-state index is -3.44. The first kappa shape index (κ1) is 18.6. The molecule has 0 aliphatic rings. The fourth-order valence-electron chi connectivity index (χ4n) is 1.98. The van der Waals surface area contributed by atoms with Crippen LogP contribution in [-0.2, 0) is 21.4 Å². The lowest BCUT2D eigenvalue weighted by Crippen LogP contribution is -2.40. The van der Waals surface area contributed by atoms with E-state index in [1.54, 1.807) is 0 Å². The summed E-state index contributed by atoms with van der Waals surface area (Å²) in [5.41, 5.74) is 1.92. The third-order valence-corrected chi connectivity index (χ3v) is 4.64. The Morgan fingerprint density at radius 1 is 1.27 bits per heavy atom. The first-order valence-electron chi connectivity index (χ1n) is 7.46. The van der Waals surface area contributed by atoms with Crippen LogP contribution < -0.4 is 5.32 Å². The van der Waals surface area contributed by atoms with Gasteiger partial charge in [-0.1, -0.05) is 38.1 Å². The van der Waals surface area contributed by atoms with Crippen LogP contribution in [0.4, 0.5) is 0 Å². The summed E-state index contributed by atoms with van der Waals surface area (Å²) in [5, 5.41) is 2.77. The molecule has 1 aromatic carbocycles. The smallest absolute Gasteiger partial charge is 0.235 e. The SMILES string of the molecule is Cc1ccccc1CN(CC(=O)NCCC(C)C)S(C)(=O)=O. The van der Waals surface area contributed by atoms with Crippen molar-refractivity contribution < 1.29 is 13.2 Å². The highest BCUT2D eigenvalue weighted by Gasteiger charge is 2.20. The van der Waals surface area contributed by atoms with Crippen molar-refractivity contribution in [2.45, 2.75) is 33.7 Å². The van der Waals surface area contributed by atoms with Gasteiger partial charge in [0.15, 0.2) is 0 Å². The van der Waals surface area contributed by atoms with Crippen LogP contribution in [0.1, 0.15) is 31.4 Å². The average Bonchev–Trinajstić information content (AvgIpc) is 2.39. The summed E-state index contributed by atoms with van der Waals surface area (Å²) in [6.07, 6.45) is 2.01. The molecule has 1 N–H and O–H groups in total. The van der Waals surface area contributed by atoms with Gasteiger partial charge in [-0.15, -0.1) is 0 Å². The summed E-state index contributed by atoms with van der Waals surface area (Å²) in [6, 6.07) is 7.58. The molecule has 5 nitrogen and oxygen atoms in total. The van der Waals surface area contributed by atoms with Crippen LogP contribution >= 0.6 is 0 Å². The lowest BCUT2D eigenvalue weighted by molar-refractivity contribution is -0.121. The molecule has 0 aliphatic carbocycles. The fraction of sp³-hybridized carbons (Fsp3) is 0.562. The number of carbonyl (C=O) groups excluding carboxylic acids is 1. The quantitative estimate of drug-likeness (QED) is 0.793. The second-order valence-electron chi connectivity index (χ2n) is 5.99. The maximum absolute atomic E-state index is 11.9. The van der Waals surface area contributed by atoms with E-state index in [1.165, 1.54) is 4.31 Å². The van der Waals surface area contributed by atoms with Crippen LogP contribution in [-0.4, -0.2) is 38.0 Å². The Bertz CT molecular complexity index is 597. The van der Waals surface area contributed by atoms with Crippen LogP contribution in [0.2, 0.25) is 0 Å². The molecule has 0 unspecified atom stereocenters. The Morgan fingerprint density at radius 2 is 1.91 bits per heavy atom. The van der Waals surface area contributed by atoms with E-state index in [1.807, 2.05) is 31.2 Å². The van der Waals surface area contributed by atoms with Gasteiger partial charge in [-0.3, -0.25) is 4.79 Å². The van der Waals surface area contributed by atoms with Crippen LogP contribution in [0.25, 0.3) is 0 Å². The topological polar surface area (TPSA) is 66.5 Å². The molecule has 0 heterocycles. The van der Waals surface area contributed by atoms with Crippen LogP contribution in [0, 0.1) is 12.8 Å². The van der Waals surface area contributed by atoms with Crippen molar-refractivity contribution in [2.24, 2.45) is 5.92 Å². The highest BCUT2D eigenvalue weighted by molar-refractivity contribution is 7.88. The maximum Gasteiger partial charge on any atom is 0.235 e. The van der Waals surface area contributed by atoms with Crippen molar-refractivity contribution in [1.29, 1.82) is 0 Å². The molecule has 0 fully saturated rings. The number of carbonyl (C=O) groups is 1. The Balaban J connectivity index is 2.70. The van der Waals surface area contributed by atoms with E-state index in [9.17, 15) is 13.2 Å². The Morgan fingerprint density at radius 3 is 2.45 bits per heavy atom. The Labute approximate surface area is 133 Å². The van der Waals surface area contributed by atoms with Crippen molar-refractivity contribution in [3.63, 3.8) is 0 Å². The van der Waals surface area contributed by atoms with Crippen LogP contribution in [0.5, 0.6) is 0 Å². The van der Waals surface area contributed by atoms with Gasteiger partial charge in [0.1, 0.15) is 0 Å². The minimum absolute atomic E-state index is 0.148. The highest BCUT2D eigenvalue weighted by atomic mass is 32.2. The molecule has 1 rings (SSSR count). The average molecular weight is 326 g/mol. The molecule has 0 saturated heterocycles. The number of nitrogens with zero attached hydrogens (tertiary/aromatic N) is 1. The zero-order chi connectivity index (χ0) is 16.8. The van der Waals surface area contributed by atoms with Crippen LogP contribution in [0.3, 0.4) is 0 Å². The lowest BCUT2D eigenvalue weighted by Gasteiger charge is -2.20. The molecule has 0 spiro atoms. The third-order valence-electron chi connectivity index (χ3n) is 3.44. The first-order chi connectivity index (χ1) is 10.2. The van der Waals surface area contributed by atoms with E-state index < -0.39 is 10.0 Å². The van der Waals surface area contributed by atoms with Gasteiger partial charge in [-0.05, 0) is 30.4 Å². The van der Waals surface area contributed by atoms with Crippen molar-refractivity contribution >= 4 is 15.9 Å². The molecule has 1 amide bonds. The summed E-state index contributed by atoms with van der Waals surface area (Å²) in [4.78, 5) is 11.9. The molecular formula is C16H26N2O3S. The Kier molecular flexibility index (Phi) is 7.03. The number of nitrogens with one attached hydrogen (secondary N) is 1. The number of hydrogen-bond acceptors (Lipinski definition) is 3. The lowest BCUT2D eigenvalue weighted by atomic mass is 10.1. The number of hydrogen-bond donors (Lipinski definition) is 1. The third kappa shape index (κ3) is 6.58. The van der Waals surface area contributed by atoms with Gasteiger partial charge in [-0.2, -0.15) is 4.31 Å². The van der Waals surface area contributed by atoms with Crippen molar-refractivity contribution in [3.8, 4) is 0 Å². The molecular weight excluding hydrogens is 300 g/mol. The summed E-state index contributed by atoms with van der Waals surface area (Å²) in [7, 11) is -3.44. The van der Waals surface area contributed by atoms with Gasteiger partial charge in [0, 0.05) is 13.1 Å². The zero-order valence-corrected chi connectivity index (χ0v) is 14.6. The molecule has 124 valence electrons. The molecule has 0 saturated carbocycles. The largest absolute Gasteiger partial charge is 0.355 e. The number of amides is 1. The van der Waals surface area contributed by atoms with Gasteiger partial charge in [0.2, 0.25) is 15.9 Å². The number of aryl methyl sites for hydroxylation is 1. The molecule has 6 heteroatoms. The van der Waals surface area contributed by atoms with E-state index in [0.717, 1.165) is 23.8 Å². The zero-order valence-electron chi connectivity index (χ0n) is 13.8. The summed E-state index contributed by atoms with van der Waals surface area (Å²) in [6.45, 7) is 6.71. The number of benzene rings is 1. The molecule has 1 aromatic rings. The first-order valence-corrected chi connectivity index (χ1v) is 9.31. The Hall–Kier alpha value is -1.40. The standard InChI is InChI=1S/C16H26N2O3S/c1-13(2)9-10-17-16(19)12-18(22(4,20)21)11-15-8-6-5-7-14(15)3/h5-8,13H,9-12H2,1-4H3,(H,17,19). The molecule has 0 aromatic heterocycles. The molecule has 0 atom stereocenters. The fourth-order valence-corrected chi connectivity index (χ4v) is 2.71. The summed E-state index contributed by atoms with van der Waals surface area (Å²) in [5.74, 6) is 0.234. The summed E-state index contributed by atoms with van der Waals surface area (Å²) >= 11 is 0. The number of rotatable bonds is 8. The van der Waals surface area contributed by atoms with Gasteiger partial charge in [0.05, 0.1) is 12.8 Å². The highest BCUT2D eigenvalue weighted by Crippen LogP contribution is 2.12. The van der Waals surface area contributed by atoms with Crippen molar-refractivity contribution in [1.82, 2.24) is 9.62 Å². The van der Waals surface area contributed by atoms with E-state index in [4.69, 9.17) is 0 Å². The maximum atomic E-state index is 11.9. The summed E-state index contributed by atoms with van der Waals surface area (Å²) < 4.78 is 25.0. The van der Waals surface area contributed by atoms with Gasteiger partial charge >= 0.3 is 0 Å². The minimum Gasteiger partial charge on any atom is -0.355 e. The second kappa shape index (κ2) is 8.29. The molecule has 0 aliphatic heterocycles.